The van der Waals surface area contributed by atoms with Gasteiger partial charge in [-0.1, -0.05) is 0 Å². The lowest BCUT2D eigenvalue weighted by Gasteiger charge is -2.14. The van der Waals surface area contributed by atoms with E-state index in [0.29, 0.717) is 5.56 Å². The second-order valence-electron chi connectivity index (χ2n) is 3.43. The van der Waals surface area contributed by atoms with Crippen LogP contribution in [-0.2, 0) is 0 Å². The monoisotopic (exact) mass is 192 g/mol. The van der Waals surface area contributed by atoms with Gasteiger partial charge in [-0.15, -0.1) is 0 Å². The average Bonchev–Trinajstić information content (AvgIpc) is 2.69. The molecule has 1 aromatic heterocycles. The van der Waals surface area contributed by atoms with Gasteiger partial charge in [0.1, 0.15) is 5.75 Å². The summed E-state index contributed by atoms with van der Waals surface area (Å²) in [5.41, 5.74) is 0.465. The highest BCUT2D eigenvalue weighted by Crippen LogP contribution is 2.14. The van der Waals surface area contributed by atoms with E-state index < -0.39 is 0 Å². The van der Waals surface area contributed by atoms with Crippen LogP contribution in [0.4, 0.5) is 0 Å². The van der Waals surface area contributed by atoms with Crippen LogP contribution in [0.2, 0.25) is 0 Å². The molecule has 1 saturated heterocycles. The number of hydrogen-bond donors (Lipinski definition) is 1. The number of aromatic hydroxyl groups is 1. The predicted octanol–water partition coefficient (Wildman–Crippen LogP) is 1.02. The summed E-state index contributed by atoms with van der Waals surface area (Å²) in [6, 6.07) is 1.45. The molecule has 14 heavy (non-hydrogen) atoms. The van der Waals surface area contributed by atoms with Crippen LogP contribution < -0.4 is 0 Å². The van der Waals surface area contributed by atoms with Crippen molar-refractivity contribution in [1.29, 1.82) is 0 Å². The first-order valence-corrected chi connectivity index (χ1v) is 4.70. The van der Waals surface area contributed by atoms with Crippen molar-refractivity contribution in [2.45, 2.75) is 12.8 Å². The van der Waals surface area contributed by atoms with Crippen LogP contribution >= 0.6 is 0 Å². The van der Waals surface area contributed by atoms with Gasteiger partial charge < -0.3 is 10.0 Å². The summed E-state index contributed by atoms with van der Waals surface area (Å²) in [4.78, 5) is 17.3. The quantitative estimate of drug-likeness (QED) is 0.722. The van der Waals surface area contributed by atoms with Crippen molar-refractivity contribution in [3.8, 4) is 5.75 Å². The third-order valence-corrected chi connectivity index (χ3v) is 2.36. The number of aromatic nitrogens is 1. The van der Waals surface area contributed by atoms with Gasteiger partial charge in [0, 0.05) is 19.3 Å². The fourth-order valence-corrected chi connectivity index (χ4v) is 1.65. The zero-order valence-corrected chi connectivity index (χ0v) is 7.81. The van der Waals surface area contributed by atoms with E-state index in [9.17, 15) is 9.90 Å². The molecule has 0 spiro atoms. The van der Waals surface area contributed by atoms with E-state index in [-0.39, 0.29) is 11.7 Å². The van der Waals surface area contributed by atoms with Crippen molar-refractivity contribution in [2.24, 2.45) is 0 Å². The molecule has 4 nitrogen and oxygen atoms in total. The minimum absolute atomic E-state index is 0.0362. The maximum atomic E-state index is 11.8. The maximum Gasteiger partial charge on any atom is 0.255 e. The number of pyridine rings is 1. The van der Waals surface area contributed by atoms with Gasteiger partial charge in [-0.05, 0) is 18.9 Å². The smallest absolute Gasteiger partial charge is 0.255 e. The summed E-state index contributed by atoms with van der Waals surface area (Å²) < 4.78 is 0. The minimum atomic E-state index is -0.0362. The number of rotatable bonds is 1. The summed E-state index contributed by atoms with van der Waals surface area (Å²) in [6.07, 6.45) is 4.94. The molecule has 0 aromatic carbocycles. The van der Waals surface area contributed by atoms with Crippen LogP contribution in [0.15, 0.2) is 18.5 Å². The second-order valence-corrected chi connectivity index (χ2v) is 3.43. The van der Waals surface area contributed by atoms with Crippen molar-refractivity contribution in [1.82, 2.24) is 9.88 Å². The third-order valence-electron chi connectivity index (χ3n) is 2.36. The van der Waals surface area contributed by atoms with Crippen LogP contribution in [0.25, 0.3) is 0 Å². The van der Waals surface area contributed by atoms with Crippen LogP contribution in [0.1, 0.15) is 23.2 Å². The highest BCUT2D eigenvalue weighted by molar-refractivity contribution is 5.94. The standard InChI is InChI=1S/C10H12N2O2/c13-9-5-8(6-11-7-9)10(14)12-3-1-2-4-12/h5-7,13H,1-4H2. The first-order chi connectivity index (χ1) is 6.77. The van der Waals surface area contributed by atoms with E-state index >= 15 is 0 Å². The Kier molecular flexibility index (Phi) is 2.35. The van der Waals surface area contributed by atoms with E-state index in [1.807, 2.05) is 0 Å². The Bertz CT molecular complexity index is 346. The number of nitrogens with zero attached hydrogens (tertiary/aromatic N) is 2. The number of carbonyl (C=O) groups is 1. The van der Waals surface area contributed by atoms with Crippen molar-refractivity contribution >= 4 is 5.91 Å². The molecule has 2 heterocycles. The van der Waals surface area contributed by atoms with Crippen molar-refractivity contribution in [2.75, 3.05) is 13.1 Å². The Labute approximate surface area is 82.2 Å². The van der Waals surface area contributed by atoms with E-state index in [1.54, 1.807) is 4.90 Å². The fraction of sp³-hybridized carbons (Fsp3) is 0.400. The lowest BCUT2D eigenvalue weighted by molar-refractivity contribution is 0.0792. The molecule has 74 valence electrons. The second kappa shape index (κ2) is 3.65. The van der Waals surface area contributed by atoms with Gasteiger partial charge in [0.2, 0.25) is 0 Å². The van der Waals surface area contributed by atoms with Gasteiger partial charge in [-0.25, -0.2) is 0 Å². The molecular weight excluding hydrogens is 180 g/mol. The molecule has 2 rings (SSSR count). The van der Waals surface area contributed by atoms with E-state index in [4.69, 9.17) is 0 Å². The molecular formula is C10H12N2O2. The average molecular weight is 192 g/mol. The van der Waals surface area contributed by atoms with Gasteiger partial charge >= 0.3 is 0 Å². The zero-order valence-electron chi connectivity index (χ0n) is 7.81. The Morgan fingerprint density at radius 3 is 2.71 bits per heavy atom. The first-order valence-electron chi connectivity index (χ1n) is 4.70. The lowest BCUT2D eigenvalue weighted by Crippen LogP contribution is -2.27. The molecule has 4 heteroatoms. The normalized spacial score (nSPS) is 15.9. The number of likely N-dealkylation sites (tertiary alicyclic amines) is 1. The van der Waals surface area contributed by atoms with E-state index in [1.165, 1.54) is 18.5 Å². The number of amides is 1. The van der Waals surface area contributed by atoms with Crippen LogP contribution in [0, 0.1) is 0 Å². The molecule has 0 unspecified atom stereocenters. The van der Waals surface area contributed by atoms with Gasteiger partial charge in [-0.2, -0.15) is 0 Å². The Morgan fingerprint density at radius 1 is 1.36 bits per heavy atom. The molecule has 1 fully saturated rings. The van der Waals surface area contributed by atoms with Crippen LogP contribution in [0.5, 0.6) is 5.75 Å². The Balaban J connectivity index is 2.17. The third kappa shape index (κ3) is 1.69. The lowest BCUT2D eigenvalue weighted by atomic mass is 10.2. The molecule has 0 atom stereocenters. The highest BCUT2D eigenvalue weighted by Gasteiger charge is 2.19. The summed E-state index contributed by atoms with van der Waals surface area (Å²) in [5.74, 6) is 0.000877. The summed E-state index contributed by atoms with van der Waals surface area (Å²) >= 11 is 0. The molecule has 0 saturated carbocycles. The zero-order chi connectivity index (χ0) is 9.97. The molecule has 1 aromatic rings. The SMILES string of the molecule is O=C(c1cncc(O)c1)N1CCCC1. The summed E-state index contributed by atoms with van der Waals surface area (Å²) in [6.45, 7) is 1.63. The molecule has 1 amide bonds. The molecule has 1 aliphatic rings. The molecule has 0 aliphatic carbocycles. The Morgan fingerprint density at radius 2 is 2.07 bits per heavy atom. The number of hydrogen-bond acceptors (Lipinski definition) is 3. The van der Waals surface area contributed by atoms with Crippen molar-refractivity contribution in [3.63, 3.8) is 0 Å². The summed E-state index contributed by atoms with van der Waals surface area (Å²) in [7, 11) is 0. The minimum Gasteiger partial charge on any atom is -0.506 e. The molecule has 0 radical (unpaired) electrons. The largest absolute Gasteiger partial charge is 0.506 e. The van der Waals surface area contributed by atoms with Crippen LogP contribution in [-0.4, -0.2) is 34.0 Å². The molecule has 1 N–H and O–H groups in total. The van der Waals surface area contributed by atoms with Crippen molar-refractivity contribution < 1.29 is 9.90 Å². The maximum absolute atomic E-state index is 11.8. The summed E-state index contributed by atoms with van der Waals surface area (Å²) in [5, 5.41) is 9.17. The van der Waals surface area contributed by atoms with Crippen LogP contribution in [0.3, 0.4) is 0 Å². The topological polar surface area (TPSA) is 53.4 Å². The fourth-order valence-electron chi connectivity index (χ4n) is 1.65. The van der Waals surface area contributed by atoms with Gasteiger partial charge in [0.25, 0.3) is 5.91 Å². The van der Waals surface area contributed by atoms with Gasteiger partial charge in [-0.3, -0.25) is 9.78 Å². The van der Waals surface area contributed by atoms with Crippen molar-refractivity contribution in [3.05, 3.63) is 24.0 Å². The molecule has 0 bridgehead atoms. The first kappa shape index (κ1) is 8.99. The van der Waals surface area contributed by atoms with Gasteiger partial charge in [0.15, 0.2) is 0 Å². The highest BCUT2D eigenvalue weighted by atomic mass is 16.3. The molecule has 1 aliphatic heterocycles. The van der Waals surface area contributed by atoms with Gasteiger partial charge in [0.05, 0.1) is 11.8 Å². The predicted molar refractivity (Wildman–Crippen MR) is 51.0 cm³/mol. The van der Waals surface area contributed by atoms with E-state index in [2.05, 4.69) is 4.98 Å². The van der Waals surface area contributed by atoms with E-state index in [0.717, 1.165) is 25.9 Å². The Hall–Kier alpha value is -1.58. The number of carbonyl (C=O) groups excluding carboxylic acids is 1.